The summed E-state index contributed by atoms with van der Waals surface area (Å²) in [6, 6.07) is 5.84. The lowest BCUT2D eigenvalue weighted by molar-refractivity contribution is -0.122. The molecule has 1 heterocycles. The van der Waals surface area contributed by atoms with Crippen LogP contribution in [0.15, 0.2) is 23.3 Å². The average Bonchev–Trinajstić information content (AvgIpc) is 3.07. The fraction of sp³-hybridized carbons (Fsp3) is 0.667. The zero-order valence-electron chi connectivity index (χ0n) is 20.9. The number of hydrogen-bond donors (Lipinski definition) is 3. The molecule has 33 heavy (non-hydrogen) atoms. The first-order valence-corrected chi connectivity index (χ1v) is 12.0. The minimum atomic E-state index is -0.501. The molecule has 0 bridgehead atoms. The third-order valence-electron chi connectivity index (χ3n) is 7.54. The van der Waals surface area contributed by atoms with Gasteiger partial charge in [0.1, 0.15) is 6.34 Å². The van der Waals surface area contributed by atoms with Gasteiger partial charge in [-0.25, -0.2) is 5.84 Å². The normalized spacial score (nSPS) is 27.4. The molecule has 5 N–H and O–H groups in total. The van der Waals surface area contributed by atoms with Crippen LogP contribution < -0.4 is 27.5 Å². The van der Waals surface area contributed by atoms with Gasteiger partial charge in [0.05, 0.1) is 17.4 Å². The fourth-order valence-corrected chi connectivity index (χ4v) is 4.93. The number of fused-ring (bicyclic) bond motifs is 1. The highest BCUT2D eigenvalue weighted by molar-refractivity contribution is 6.62. The highest BCUT2D eigenvalue weighted by Gasteiger charge is 2.55. The quantitative estimate of drug-likeness (QED) is 0.182. The number of nitrogens with zero attached hydrogens (tertiary/aromatic N) is 2. The maximum Gasteiger partial charge on any atom is 0.494 e. The topological polar surface area (TPSA) is 115 Å². The third-order valence-corrected chi connectivity index (χ3v) is 7.54. The summed E-state index contributed by atoms with van der Waals surface area (Å²) in [5.41, 5.74) is 2.29. The van der Waals surface area contributed by atoms with Gasteiger partial charge in [0.25, 0.3) is 0 Å². The molecular formula is C24H40BN5O3. The predicted octanol–water partition coefficient (Wildman–Crippen LogP) is 2.65. The molecule has 1 aliphatic carbocycles. The molecule has 1 saturated heterocycles. The van der Waals surface area contributed by atoms with Gasteiger partial charge in [-0.1, -0.05) is 47.1 Å². The second-order valence-corrected chi connectivity index (χ2v) is 10.8. The van der Waals surface area contributed by atoms with Gasteiger partial charge in [-0.3, -0.25) is 9.80 Å². The van der Waals surface area contributed by atoms with Crippen LogP contribution in [0, 0.1) is 17.3 Å². The number of hydrazone groups is 1. The number of nitrogens with one attached hydrogen (secondary N) is 1. The van der Waals surface area contributed by atoms with Crippen molar-refractivity contribution in [1.29, 1.82) is 0 Å². The molecule has 4 atom stereocenters. The smallest absolute Gasteiger partial charge is 0.402 e. The summed E-state index contributed by atoms with van der Waals surface area (Å²) in [7, 11) is -0.501. The van der Waals surface area contributed by atoms with Crippen LogP contribution in [0.25, 0.3) is 0 Å². The maximum absolute atomic E-state index is 12.3. The van der Waals surface area contributed by atoms with E-state index >= 15 is 0 Å². The van der Waals surface area contributed by atoms with Gasteiger partial charge >= 0.3 is 7.12 Å². The molecule has 3 rings (SSSR count). The van der Waals surface area contributed by atoms with E-state index in [-0.39, 0.29) is 23.0 Å². The van der Waals surface area contributed by atoms with Crippen LogP contribution >= 0.6 is 0 Å². The molecule has 9 heteroatoms. The molecule has 1 saturated carbocycles. The van der Waals surface area contributed by atoms with Gasteiger partial charge in [-0.15, -0.1) is 0 Å². The first-order valence-electron chi connectivity index (χ1n) is 12.0. The second-order valence-electron chi connectivity index (χ2n) is 10.8. The van der Waals surface area contributed by atoms with Gasteiger partial charge < -0.3 is 20.5 Å². The molecule has 1 aromatic rings. The summed E-state index contributed by atoms with van der Waals surface area (Å²) < 4.78 is 13.0. The molecule has 1 aliphatic heterocycles. The number of anilines is 1. The summed E-state index contributed by atoms with van der Waals surface area (Å²) in [6.45, 7) is 13.6. The molecule has 1 amide bonds. The van der Waals surface area contributed by atoms with Crippen molar-refractivity contribution in [1.82, 2.24) is 5.32 Å². The number of nitrogens with two attached hydrogens (primary N) is 2. The van der Waals surface area contributed by atoms with Gasteiger partial charge in [0.15, 0.2) is 0 Å². The monoisotopic (exact) mass is 457 g/mol. The number of hydrazine groups is 1. The van der Waals surface area contributed by atoms with E-state index in [0.29, 0.717) is 30.5 Å². The van der Waals surface area contributed by atoms with Crippen molar-refractivity contribution in [3.63, 3.8) is 0 Å². The van der Waals surface area contributed by atoms with E-state index in [4.69, 9.17) is 21.0 Å². The van der Waals surface area contributed by atoms with E-state index in [1.807, 2.05) is 18.2 Å². The van der Waals surface area contributed by atoms with Crippen LogP contribution in [-0.2, 0) is 20.6 Å². The molecule has 8 nitrogen and oxygen atoms in total. The lowest BCUT2D eigenvalue weighted by atomic mass is 9.63. The molecular weight excluding hydrogens is 417 g/mol. The zero-order chi connectivity index (χ0) is 24.4. The average molecular weight is 457 g/mol. The van der Waals surface area contributed by atoms with Crippen LogP contribution in [0.1, 0.15) is 72.8 Å². The van der Waals surface area contributed by atoms with Gasteiger partial charge in [0.2, 0.25) is 5.91 Å². The Kier molecular flexibility index (Phi) is 7.76. The van der Waals surface area contributed by atoms with Crippen LogP contribution in [0.5, 0.6) is 0 Å². The first-order chi connectivity index (χ1) is 15.5. The second kappa shape index (κ2) is 10.0. The van der Waals surface area contributed by atoms with Crippen LogP contribution in [0.4, 0.5) is 5.69 Å². The van der Waals surface area contributed by atoms with Crippen molar-refractivity contribution < 1.29 is 14.1 Å². The van der Waals surface area contributed by atoms with E-state index in [9.17, 15) is 4.79 Å². The van der Waals surface area contributed by atoms with Crippen LogP contribution in [0.3, 0.4) is 0 Å². The lowest BCUT2D eigenvalue weighted by Gasteiger charge is -2.47. The SMILES string of the molecule is CCC(C)CC(=O)NCc1cc(B2O[C@@H]3C[C@H](C)C(C)(C)C[C@]3(C)O2)cc(N(N)/C=N\N)c1. The fourth-order valence-electron chi connectivity index (χ4n) is 4.93. The van der Waals surface area contributed by atoms with Crippen LogP contribution in [-0.4, -0.2) is 31.1 Å². The molecule has 0 radical (unpaired) electrons. The van der Waals surface area contributed by atoms with Crippen molar-refractivity contribution in [2.75, 3.05) is 5.01 Å². The Bertz CT molecular complexity index is 880. The van der Waals surface area contributed by atoms with Gasteiger partial charge in [-0.2, -0.15) is 5.10 Å². The first kappa shape index (κ1) is 25.5. The maximum atomic E-state index is 12.3. The van der Waals surface area contributed by atoms with E-state index in [0.717, 1.165) is 30.3 Å². The predicted molar refractivity (Wildman–Crippen MR) is 134 cm³/mol. The largest absolute Gasteiger partial charge is 0.494 e. The van der Waals surface area contributed by atoms with E-state index in [1.54, 1.807) is 0 Å². The molecule has 0 aromatic heterocycles. The van der Waals surface area contributed by atoms with Crippen molar-refractivity contribution >= 4 is 30.5 Å². The zero-order valence-corrected chi connectivity index (χ0v) is 20.9. The van der Waals surface area contributed by atoms with E-state index in [1.165, 1.54) is 11.3 Å². The summed E-state index contributed by atoms with van der Waals surface area (Å²) in [6.07, 6.45) is 4.75. The summed E-state index contributed by atoms with van der Waals surface area (Å²) in [5.74, 6) is 12.3. The summed E-state index contributed by atoms with van der Waals surface area (Å²) >= 11 is 0. The molecule has 2 aliphatic rings. The molecule has 1 aromatic carbocycles. The third kappa shape index (κ3) is 5.88. The molecule has 182 valence electrons. The highest BCUT2D eigenvalue weighted by Crippen LogP contribution is 2.50. The Balaban J connectivity index is 1.83. The van der Waals surface area contributed by atoms with Crippen LogP contribution in [0.2, 0.25) is 0 Å². The number of carbonyl (C=O) groups excluding carboxylic acids is 1. The Morgan fingerprint density at radius 1 is 1.39 bits per heavy atom. The van der Waals surface area contributed by atoms with Gasteiger partial charge in [0, 0.05) is 13.0 Å². The van der Waals surface area contributed by atoms with E-state index in [2.05, 4.69) is 52.0 Å². The Morgan fingerprint density at radius 3 is 2.79 bits per heavy atom. The van der Waals surface area contributed by atoms with E-state index < -0.39 is 7.12 Å². The minimum absolute atomic E-state index is 0.0347. The summed E-state index contributed by atoms with van der Waals surface area (Å²) in [5, 5.41) is 7.89. The lowest BCUT2D eigenvalue weighted by Crippen LogP contribution is -2.49. The highest BCUT2D eigenvalue weighted by atomic mass is 16.7. The summed E-state index contributed by atoms with van der Waals surface area (Å²) in [4.78, 5) is 12.3. The van der Waals surface area contributed by atoms with Crippen molar-refractivity contribution in [3.8, 4) is 0 Å². The standard InChI is InChI=1S/C24H40BN5O3/c1-7-16(2)8-22(31)28-13-18-10-19(12-20(11-18)30(27)15-29-26)25-32-21-9-17(3)23(4,5)14-24(21,6)33-25/h10-12,15-17,21H,7-9,13-14,26-27H2,1-6H3,(H,28,31)/b29-15-/t16?,17-,21+,24-/m0/s1. The number of hydrogen-bond acceptors (Lipinski definition) is 6. The van der Waals surface area contributed by atoms with Crippen molar-refractivity contribution in [2.24, 2.45) is 34.0 Å². The number of rotatable bonds is 8. The number of benzene rings is 1. The van der Waals surface area contributed by atoms with Crippen molar-refractivity contribution in [2.45, 2.75) is 85.5 Å². The molecule has 0 spiro atoms. The van der Waals surface area contributed by atoms with Crippen molar-refractivity contribution in [3.05, 3.63) is 23.8 Å². The number of amides is 1. The molecule has 2 fully saturated rings. The Hall–Kier alpha value is -2.10. The Labute approximate surface area is 198 Å². The van der Waals surface area contributed by atoms with Gasteiger partial charge in [-0.05, 0) is 60.2 Å². The molecule has 1 unspecified atom stereocenters. The number of carbonyl (C=O) groups is 1. The minimum Gasteiger partial charge on any atom is -0.402 e. The Morgan fingerprint density at radius 2 is 2.12 bits per heavy atom.